The highest BCUT2D eigenvalue weighted by Crippen LogP contribution is 2.31. The molecular formula is C16H18N2O5. The number of para-hydroxylation sites is 1. The van der Waals surface area contributed by atoms with E-state index >= 15 is 0 Å². The van der Waals surface area contributed by atoms with E-state index < -0.39 is 5.91 Å². The fraction of sp³-hybridized carbons (Fsp3) is 0.250. The molecule has 0 aliphatic heterocycles. The van der Waals surface area contributed by atoms with Crippen LogP contribution in [-0.4, -0.2) is 26.0 Å². The normalized spacial score (nSPS) is 10.0. The predicted molar refractivity (Wildman–Crippen MR) is 82.2 cm³/mol. The van der Waals surface area contributed by atoms with Crippen molar-refractivity contribution in [3.63, 3.8) is 0 Å². The topological polar surface area (TPSA) is 89.8 Å². The summed E-state index contributed by atoms with van der Waals surface area (Å²) in [5.74, 6) is 0.496. The minimum Gasteiger partial charge on any atom is -0.493 e. The van der Waals surface area contributed by atoms with E-state index in [4.69, 9.17) is 13.9 Å². The number of furan rings is 1. The Labute approximate surface area is 133 Å². The summed E-state index contributed by atoms with van der Waals surface area (Å²) >= 11 is 0. The molecule has 0 fully saturated rings. The van der Waals surface area contributed by atoms with Crippen LogP contribution in [0.1, 0.15) is 22.5 Å². The Bertz CT molecular complexity index is 667. The number of methoxy groups -OCH3 is 2. The van der Waals surface area contributed by atoms with Gasteiger partial charge in [0.05, 0.1) is 20.5 Å². The molecular weight excluding hydrogens is 300 g/mol. The van der Waals surface area contributed by atoms with E-state index in [0.29, 0.717) is 17.9 Å². The van der Waals surface area contributed by atoms with Crippen LogP contribution in [0.5, 0.6) is 11.5 Å². The second-order valence-electron chi connectivity index (χ2n) is 4.63. The lowest BCUT2D eigenvalue weighted by Crippen LogP contribution is -2.41. The van der Waals surface area contributed by atoms with Gasteiger partial charge in [-0.3, -0.25) is 20.4 Å². The molecule has 0 saturated carbocycles. The first kappa shape index (κ1) is 16.4. The fourth-order valence-electron chi connectivity index (χ4n) is 2.06. The molecule has 2 amide bonds. The number of carbonyl (C=O) groups is 2. The molecule has 1 heterocycles. The van der Waals surface area contributed by atoms with Crippen molar-refractivity contribution in [1.29, 1.82) is 0 Å². The summed E-state index contributed by atoms with van der Waals surface area (Å²) in [6.45, 7) is 0. The number of nitrogens with one attached hydrogen (secondary N) is 2. The standard InChI is InChI=1S/C16H18N2O5/c1-21-12-6-3-5-11(15(12)22-2)8-9-14(19)17-18-16(20)13-7-4-10-23-13/h3-7,10H,8-9H2,1-2H3,(H,17,19)(H,18,20). The lowest BCUT2D eigenvalue weighted by Gasteiger charge is -2.12. The minimum atomic E-state index is -0.512. The Kier molecular flexibility index (Phi) is 5.62. The van der Waals surface area contributed by atoms with Gasteiger partial charge < -0.3 is 13.9 Å². The Morgan fingerprint density at radius 2 is 1.91 bits per heavy atom. The molecule has 0 bridgehead atoms. The number of hydrogen-bond donors (Lipinski definition) is 2. The number of benzene rings is 1. The number of hydrazine groups is 1. The van der Waals surface area contributed by atoms with E-state index in [9.17, 15) is 9.59 Å². The second kappa shape index (κ2) is 7.88. The molecule has 0 spiro atoms. The molecule has 23 heavy (non-hydrogen) atoms. The highest BCUT2D eigenvalue weighted by molar-refractivity contribution is 5.92. The van der Waals surface area contributed by atoms with Crippen molar-refractivity contribution in [2.24, 2.45) is 0 Å². The first-order chi connectivity index (χ1) is 11.2. The van der Waals surface area contributed by atoms with Crippen LogP contribution in [0.2, 0.25) is 0 Å². The zero-order valence-electron chi connectivity index (χ0n) is 12.9. The highest BCUT2D eigenvalue weighted by Gasteiger charge is 2.12. The Hall–Kier alpha value is -2.96. The molecule has 0 atom stereocenters. The first-order valence-corrected chi connectivity index (χ1v) is 6.98. The van der Waals surface area contributed by atoms with Gasteiger partial charge in [-0.25, -0.2) is 0 Å². The number of aryl methyl sites for hydroxylation is 1. The minimum absolute atomic E-state index is 0.125. The lowest BCUT2D eigenvalue weighted by molar-refractivity contribution is -0.121. The number of ether oxygens (including phenoxy) is 2. The monoisotopic (exact) mass is 318 g/mol. The summed E-state index contributed by atoms with van der Waals surface area (Å²) in [5.41, 5.74) is 5.47. The first-order valence-electron chi connectivity index (χ1n) is 6.98. The Balaban J connectivity index is 1.86. The van der Waals surface area contributed by atoms with Crippen LogP contribution in [0, 0.1) is 0 Å². The van der Waals surface area contributed by atoms with Crippen LogP contribution in [0.25, 0.3) is 0 Å². The van der Waals surface area contributed by atoms with E-state index in [-0.39, 0.29) is 18.1 Å². The van der Waals surface area contributed by atoms with Crippen molar-refractivity contribution < 1.29 is 23.5 Å². The molecule has 2 N–H and O–H groups in total. The van der Waals surface area contributed by atoms with Gasteiger partial charge in [0.25, 0.3) is 0 Å². The summed E-state index contributed by atoms with van der Waals surface area (Å²) in [7, 11) is 3.10. The van der Waals surface area contributed by atoms with Gasteiger partial charge in [0.2, 0.25) is 5.91 Å². The highest BCUT2D eigenvalue weighted by atomic mass is 16.5. The van der Waals surface area contributed by atoms with Crippen molar-refractivity contribution in [1.82, 2.24) is 10.9 Å². The SMILES string of the molecule is COc1cccc(CCC(=O)NNC(=O)c2ccco2)c1OC. The van der Waals surface area contributed by atoms with Gasteiger partial charge in [0, 0.05) is 6.42 Å². The number of hydrogen-bond acceptors (Lipinski definition) is 5. The van der Waals surface area contributed by atoms with Gasteiger partial charge in [-0.15, -0.1) is 0 Å². The second-order valence-corrected chi connectivity index (χ2v) is 4.63. The molecule has 0 unspecified atom stereocenters. The van der Waals surface area contributed by atoms with Crippen LogP contribution < -0.4 is 20.3 Å². The quantitative estimate of drug-likeness (QED) is 0.791. The lowest BCUT2D eigenvalue weighted by atomic mass is 10.1. The zero-order chi connectivity index (χ0) is 16.7. The molecule has 0 radical (unpaired) electrons. The molecule has 0 saturated heterocycles. The van der Waals surface area contributed by atoms with E-state index in [1.54, 1.807) is 26.4 Å². The van der Waals surface area contributed by atoms with Gasteiger partial charge in [0.1, 0.15) is 0 Å². The van der Waals surface area contributed by atoms with E-state index in [1.165, 1.54) is 12.3 Å². The van der Waals surface area contributed by atoms with Crippen molar-refractivity contribution in [3.8, 4) is 11.5 Å². The van der Waals surface area contributed by atoms with E-state index in [1.807, 2.05) is 12.1 Å². The average molecular weight is 318 g/mol. The summed E-state index contributed by atoms with van der Waals surface area (Å²) in [5, 5.41) is 0. The predicted octanol–water partition coefficient (Wildman–Crippen LogP) is 1.69. The molecule has 1 aromatic carbocycles. The molecule has 0 aliphatic rings. The summed E-state index contributed by atoms with van der Waals surface area (Å²) in [4.78, 5) is 23.4. The number of rotatable bonds is 6. The Morgan fingerprint density at radius 1 is 1.09 bits per heavy atom. The van der Waals surface area contributed by atoms with Gasteiger partial charge in [-0.2, -0.15) is 0 Å². The number of carbonyl (C=O) groups excluding carboxylic acids is 2. The smallest absolute Gasteiger partial charge is 0.305 e. The van der Waals surface area contributed by atoms with E-state index in [0.717, 1.165) is 5.56 Å². The van der Waals surface area contributed by atoms with Crippen molar-refractivity contribution in [2.45, 2.75) is 12.8 Å². The molecule has 1 aromatic heterocycles. The van der Waals surface area contributed by atoms with Crippen LogP contribution in [0.15, 0.2) is 41.0 Å². The maximum Gasteiger partial charge on any atom is 0.305 e. The molecule has 7 heteroatoms. The molecule has 7 nitrogen and oxygen atoms in total. The van der Waals surface area contributed by atoms with Crippen LogP contribution in [-0.2, 0) is 11.2 Å². The Morgan fingerprint density at radius 3 is 2.57 bits per heavy atom. The largest absolute Gasteiger partial charge is 0.493 e. The van der Waals surface area contributed by atoms with Gasteiger partial charge in [0.15, 0.2) is 17.3 Å². The van der Waals surface area contributed by atoms with Gasteiger partial charge in [-0.1, -0.05) is 12.1 Å². The van der Waals surface area contributed by atoms with Crippen molar-refractivity contribution in [3.05, 3.63) is 47.9 Å². The van der Waals surface area contributed by atoms with E-state index in [2.05, 4.69) is 10.9 Å². The van der Waals surface area contributed by atoms with Crippen molar-refractivity contribution in [2.75, 3.05) is 14.2 Å². The summed E-state index contributed by atoms with van der Waals surface area (Å²) < 4.78 is 15.4. The van der Waals surface area contributed by atoms with Crippen LogP contribution in [0.4, 0.5) is 0 Å². The average Bonchev–Trinajstić information content (AvgIpc) is 3.11. The third kappa shape index (κ3) is 4.26. The molecule has 122 valence electrons. The molecule has 2 rings (SSSR count). The third-order valence-electron chi connectivity index (χ3n) is 3.17. The van der Waals surface area contributed by atoms with Gasteiger partial charge in [-0.05, 0) is 30.2 Å². The molecule has 0 aliphatic carbocycles. The molecule has 2 aromatic rings. The fourth-order valence-corrected chi connectivity index (χ4v) is 2.06. The van der Waals surface area contributed by atoms with Crippen LogP contribution in [0.3, 0.4) is 0 Å². The maximum absolute atomic E-state index is 11.8. The van der Waals surface area contributed by atoms with Gasteiger partial charge >= 0.3 is 5.91 Å². The van der Waals surface area contributed by atoms with Crippen LogP contribution >= 0.6 is 0 Å². The summed E-state index contributed by atoms with van der Waals surface area (Å²) in [6.07, 6.45) is 2.01. The zero-order valence-corrected chi connectivity index (χ0v) is 12.9. The maximum atomic E-state index is 11.8. The van der Waals surface area contributed by atoms with Crippen molar-refractivity contribution >= 4 is 11.8 Å². The number of amides is 2. The summed E-state index contributed by atoms with van der Waals surface area (Å²) in [6, 6.07) is 8.56. The third-order valence-corrected chi connectivity index (χ3v) is 3.17.